The van der Waals surface area contributed by atoms with Crippen LogP contribution in [0.5, 0.6) is 0 Å². The van der Waals surface area contributed by atoms with Crippen molar-refractivity contribution < 1.29 is 19.1 Å². The second-order valence-corrected chi connectivity index (χ2v) is 5.57. The minimum atomic E-state index is -0.487. The van der Waals surface area contributed by atoms with E-state index in [2.05, 4.69) is 5.32 Å². The number of esters is 1. The highest BCUT2D eigenvalue weighted by Gasteiger charge is 2.37. The lowest BCUT2D eigenvalue weighted by Crippen LogP contribution is -2.33. The highest BCUT2D eigenvalue weighted by atomic mass is 16.5. The van der Waals surface area contributed by atoms with Gasteiger partial charge in [0.1, 0.15) is 0 Å². The Bertz CT molecular complexity index is 598. The van der Waals surface area contributed by atoms with Gasteiger partial charge in [0, 0.05) is 19.0 Å². The first kappa shape index (κ1) is 16.0. The Labute approximate surface area is 129 Å². The summed E-state index contributed by atoms with van der Waals surface area (Å²) in [6.07, 6.45) is 0.104. The average molecular weight is 304 g/mol. The molecule has 0 spiro atoms. The van der Waals surface area contributed by atoms with Gasteiger partial charge in [-0.25, -0.2) is 0 Å². The van der Waals surface area contributed by atoms with Crippen LogP contribution in [0, 0.1) is 5.92 Å². The van der Waals surface area contributed by atoms with Crippen molar-refractivity contribution in [3.8, 4) is 0 Å². The summed E-state index contributed by atoms with van der Waals surface area (Å²) in [5.74, 6) is -1.31. The Balaban J connectivity index is 2.28. The van der Waals surface area contributed by atoms with E-state index in [1.807, 2.05) is 13.8 Å². The van der Waals surface area contributed by atoms with Crippen LogP contribution in [0.2, 0.25) is 0 Å². The maximum Gasteiger partial charge on any atom is 0.311 e. The van der Waals surface area contributed by atoms with Crippen LogP contribution in [0.3, 0.4) is 0 Å². The Morgan fingerprint density at radius 2 is 2.00 bits per heavy atom. The highest BCUT2D eigenvalue weighted by molar-refractivity contribution is 6.06. The molecule has 0 saturated carbocycles. The first-order valence-electron chi connectivity index (χ1n) is 7.22. The van der Waals surface area contributed by atoms with E-state index in [0.717, 1.165) is 0 Å². The molecular formula is C16H20N2O4. The van der Waals surface area contributed by atoms with Gasteiger partial charge in [-0.15, -0.1) is 0 Å². The summed E-state index contributed by atoms with van der Waals surface area (Å²) in [5.41, 5.74) is 0.951. The van der Waals surface area contributed by atoms with Crippen LogP contribution in [0.25, 0.3) is 0 Å². The lowest BCUT2D eigenvalue weighted by molar-refractivity contribution is -0.145. The van der Waals surface area contributed by atoms with Gasteiger partial charge in [0.05, 0.1) is 24.3 Å². The van der Waals surface area contributed by atoms with Crippen molar-refractivity contribution in [1.29, 1.82) is 0 Å². The summed E-state index contributed by atoms with van der Waals surface area (Å²) < 4.78 is 4.70. The highest BCUT2D eigenvalue weighted by Crippen LogP contribution is 2.28. The van der Waals surface area contributed by atoms with Crippen molar-refractivity contribution in [2.75, 3.05) is 18.6 Å². The van der Waals surface area contributed by atoms with E-state index in [4.69, 9.17) is 4.74 Å². The molecule has 6 heteroatoms. The molecule has 0 bridgehead atoms. The Hall–Kier alpha value is -2.37. The van der Waals surface area contributed by atoms with Crippen LogP contribution < -0.4 is 10.2 Å². The molecule has 0 aromatic heterocycles. The summed E-state index contributed by atoms with van der Waals surface area (Å²) in [4.78, 5) is 37.6. The lowest BCUT2D eigenvalue weighted by atomic mass is 10.1. The van der Waals surface area contributed by atoms with E-state index in [0.29, 0.717) is 11.3 Å². The standard InChI is InChI=1S/C16H20N2O4/c1-10(2)17-15(20)12-6-4-5-7-13(12)18-9-11(8-14(18)19)16(21)22-3/h4-7,10-11H,8-9H2,1-3H3,(H,17,20). The Kier molecular flexibility index (Phi) is 4.80. The fourth-order valence-electron chi connectivity index (χ4n) is 2.51. The number of hydrogen-bond acceptors (Lipinski definition) is 4. The van der Waals surface area contributed by atoms with Gasteiger partial charge in [0.25, 0.3) is 5.91 Å². The van der Waals surface area contributed by atoms with E-state index in [-0.39, 0.29) is 30.8 Å². The van der Waals surface area contributed by atoms with Gasteiger partial charge >= 0.3 is 5.97 Å². The third-order valence-electron chi connectivity index (χ3n) is 3.52. The van der Waals surface area contributed by atoms with Crippen molar-refractivity contribution in [3.05, 3.63) is 29.8 Å². The summed E-state index contributed by atoms with van der Waals surface area (Å²) in [6.45, 7) is 3.97. The second kappa shape index (κ2) is 6.60. The zero-order valence-electron chi connectivity index (χ0n) is 13.0. The molecule has 1 aliphatic rings. The monoisotopic (exact) mass is 304 g/mol. The quantitative estimate of drug-likeness (QED) is 0.852. The van der Waals surface area contributed by atoms with E-state index < -0.39 is 11.9 Å². The van der Waals surface area contributed by atoms with E-state index in [1.54, 1.807) is 24.3 Å². The Morgan fingerprint density at radius 3 is 2.64 bits per heavy atom. The van der Waals surface area contributed by atoms with E-state index >= 15 is 0 Å². The average Bonchev–Trinajstić information content (AvgIpc) is 2.87. The topological polar surface area (TPSA) is 75.7 Å². The zero-order chi connectivity index (χ0) is 16.3. The summed E-state index contributed by atoms with van der Waals surface area (Å²) >= 11 is 0. The Morgan fingerprint density at radius 1 is 1.32 bits per heavy atom. The first-order valence-corrected chi connectivity index (χ1v) is 7.22. The molecule has 1 fully saturated rings. The number of ether oxygens (including phenoxy) is 1. The number of methoxy groups -OCH3 is 1. The number of nitrogens with one attached hydrogen (secondary N) is 1. The van der Waals surface area contributed by atoms with Crippen LogP contribution in [0.4, 0.5) is 5.69 Å². The fourth-order valence-corrected chi connectivity index (χ4v) is 2.51. The van der Waals surface area contributed by atoms with Gasteiger partial charge in [-0.1, -0.05) is 12.1 Å². The number of amides is 2. The maximum absolute atomic E-state index is 12.3. The van der Waals surface area contributed by atoms with Gasteiger partial charge in [0.2, 0.25) is 5.91 Å². The van der Waals surface area contributed by atoms with Crippen molar-refractivity contribution in [3.63, 3.8) is 0 Å². The molecule has 1 heterocycles. The third kappa shape index (κ3) is 3.27. The maximum atomic E-state index is 12.3. The SMILES string of the molecule is COC(=O)C1CC(=O)N(c2ccccc2C(=O)NC(C)C)C1. The number of carbonyl (C=O) groups excluding carboxylic acids is 3. The molecule has 2 rings (SSSR count). The summed E-state index contributed by atoms with van der Waals surface area (Å²) in [7, 11) is 1.31. The van der Waals surface area contributed by atoms with Crippen LogP contribution in [-0.4, -0.2) is 37.5 Å². The molecule has 1 N–H and O–H groups in total. The van der Waals surface area contributed by atoms with Crippen LogP contribution in [-0.2, 0) is 14.3 Å². The normalized spacial score (nSPS) is 17.7. The second-order valence-electron chi connectivity index (χ2n) is 5.57. The summed E-state index contributed by atoms with van der Waals surface area (Å²) in [5, 5.41) is 2.81. The number of carbonyl (C=O) groups is 3. The van der Waals surface area contributed by atoms with Crippen molar-refractivity contribution >= 4 is 23.5 Å². The van der Waals surface area contributed by atoms with Crippen molar-refractivity contribution in [2.45, 2.75) is 26.3 Å². The molecule has 22 heavy (non-hydrogen) atoms. The molecule has 1 aromatic carbocycles. The van der Waals surface area contributed by atoms with Crippen molar-refractivity contribution in [2.24, 2.45) is 5.92 Å². The zero-order valence-corrected chi connectivity index (χ0v) is 13.0. The number of para-hydroxylation sites is 1. The molecule has 118 valence electrons. The van der Waals surface area contributed by atoms with E-state index in [9.17, 15) is 14.4 Å². The predicted molar refractivity (Wildman–Crippen MR) is 81.5 cm³/mol. The third-order valence-corrected chi connectivity index (χ3v) is 3.52. The number of rotatable bonds is 4. The molecule has 1 atom stereocenters. The van der Waals surface area contributed by atoms with Crippen molar-refractivity contribution in [1.82, 2.24) is 5.32 Å². The molecule has 0 aliphatic carbocycles. The number of benzene rings is 1. The molecular weight excluding hydrogens is 284 g/mol. The van der Waals surface area contributed by atoms with Gasteiger partial charge in [0.15, 0.2) is 0 Å². The molecule has 1 aliphatic heterocycles. The molecule has 1 unspecified atom stereocenters. The van der Waals surface area contributed by atoms with E-state index in [1.165, 1.54) is 12.0 Å². The number of hydrogen-bond donors (Lipinski definition) is 1. The largest absolute Gasteiger partial charge is 0.469 e. The van der Waals surface area contributed by atoms with Crippen LogP contribution in [0.15, 0.2) is 24.3 Å². The lowest BCUT2D eigenvalue weighted by Gasteiger charge is -2.20. The minimum absolute atomic E-state index is 0.00217. The predicted octanol–water partition coefficient (Wildman–Crippen LogP) is 1.35. The van der Waals surface area contributed by atoms with Crippen LogP contribution >= 0.6 is 0 Å². The molecule has 2 amide bonds. The smallest absolute Gasteiger partial charge is 0.311 e. The van der Waals surface area contributed by atoms with Gasteiger partial charge in [-0.05, 0) is 26.0 Å². The molecule has 0 radical (unpaired) electrons. The molecule has 1 saturated heterocycles. The first-order chi connectivity index (χ1) is 10.4. The van der Waals surface area contributed by atoms with Gasteiger partial charge < -0.3 is 15.0 Å². The number of nitrogens with zero attached hydrogens (tertiary/aromatic N) is 1. The van der Waals surface area contributed by atoms with Gasteiger partial charge in [-0.2, -0.15) is 0 Å². The minimum Gasteiger partial charge on any atom is -0.469 e. The number of anilines is 1. The van der Waals surface area contributed by atoms with Crippen LogP contribution in [0.1, 0.15) is 30.6 Å². The molecule has 6 nitrogen and oxygen atoms in total. The fraction of sp³-hybridized carbons (Fsp3) is 0.438. The summed E-state index contributed by atoms with van der Waals surface area (Å²) in [6, 6.07) is 6.90. The van der Waals surface area contributed by atoms with Gasteiger partial charge in [-0.3, -0.25) is 14.4 Å². The molecule has 1 aromatic rings.